The highest BCUT2D eigenvalue weighted by atomic mass is 35.5. The van der Waals surface area contributed by atoms with Crippen LogP contribution >= 0.6 is 11.6 Å². The van der Waals surface area contributed by atoms with Gasteiger partial charge in [0, 0.05) is 17.8 Å². The van der Waals surface area contributed by atoms with Crippen LogP contribution in [0.15, 0.2) is 36.4 Å². The third kappa shape index (κ3) is 6.14. The molecular formula is C18H15ClF4N2O5S. The minimum Gasteiger partial charge on any atom is -0.485 e. The van der Waals surface area contributed by atoms with E-state index in [4.69, 9.17) is 16.3 Å². The Morgan fingerprint density at radius 3 is 2.52 bits per heavy atom. The Bertz CT molecular complexity index is 1100. The maximum Gasteiger partial charge on any atom is 0.573 e. The van der Waals surface area contributed by atoms with Crippen LogP contribution in [0.4, 0.5) is 23.2 Å². The van der Waals surface area contributed by atoms with Crippen LogP contribution in [0, 0.1) is 5.82 Å². The largest absolute Gasteiger partial charge is 0.573 e. The number of anilines is 1. The van der Waals surface area contributed by atoms with Crippen molar-refractivity contribution in [3.05, 3.63) is 52.8 Å². The fourth-order valence-electron chi connectivity index (χ4n) is 2.80. The SMILES string of the molecule is CS(=O)(=O)NC(=O)c1cc(Cl)c(OC2CN(c3cccc(OC(F)(F)F)c3)C2)cc1F. The molecule has 1 saturated heterocycles. The molecule has 13 heteroatoms. The zero-order chi connectivity index (χ0) is 23.0. The second-order valence-electron chi connectivity index (χ2n) is 6.66. The van der Waals surface area contributed by atoms with Gasteiger partial charge < -0.3 is 14.4 Å². The van der Waals surface area contributed by atoms with Crippen molar-refractivity contribution in [2.45, 2.75) is 12.5 Å². The van der Waals surface area contributed by atoms with Crippen LogP contribution in [0.3, 0.4) is 0 Å². The standard InChI is InChI=1S/C18H15ClF4N2O5S/c1-31(27,28)24-17(26)13-6-14(19)16(7-15(13)20)29-12-8-25(9-12)10-3-2-4-11(5-10)30-18(21,22)23/h2-7,12H,8-9H2,1H3,(H,24,26). The lowest BCUT2D eigenvalue weighted by Gasteiger charge is -2.40. The summed E-state index contributed by atoms with van der Waals surface area (Å²) in [7, 11) is -3.89. The van der Waals surface area contributed by atoms with Crippen molar-refractivity contribution in [1.29, 1.82) is 0 Å². The average molecular weight is 483 g/mol. The summed E-state index contributed by atoms with van der Waals surface area (Å²) in [6.07, 6.45) is -4.50. The Morgan fingerprint density at radius 2 is 1.90 bits per heavy atom. The van der Waals surface area contributed by atoms with E-state index >= 15 is 0 Å². The van der Waals surface area contributed by atoms with Crippen LogP contribution in [0.5, 0.6) is 11.5 Å². The minimum atomic E-state index is -4.80. The molecular weight excluding hydrogens is 468 g/mol. The number of hydrogen-bond acceptors (Lipinski definition) is 6. The number of carbonyl (C=O) groups excluding carboxylic acids is 1. The molecule has 0 bridgehead atoms. The van der Waals surface area contributed by atoms with E-state index in [0.717, 1.165) is 18.4 Å². The fourth-order valence-corrected chi connectivity index (χ4v) is 3.45. The molecule has 0 radical (unpaired) electrons. The summed E-state index contributed by atoms with van der Waals surface area (Å²) in [6, 6.07) is 7.22. The number of benzene rings is 2. The van der Waals surface area contributed by atoms with Gasteiger partial charge >= 0.3 is 6.36 Å². The highest BCUT2D eigenvalue weighted by Gasteiger charge is 2.33. The molecule has 168 valence electrons. The summed E-state index contributed by atoms with van der Waals surface area (Å²) in [5, 5.41) is -0.112. The third-order valence-electron chi connectivity index (χ3n) is 4.10. The minimum absolute atomic E-state index is 0.0612. The summed E-state index contributed by atoms with van der Waals surface area (Å²) >= 11 is 6.02. The summed E-state index contributed by atoms with van der Waals surface area (Å²) in [5.74, 6) is -2.63. The first-order chi connectivity index (χ1) is 14.3. The van der Waals surface area contributed by atoms with Gasteiger partial charge in [-0.3, -0.25) is 4.79 Å². The quantitative estimate of drug-likeness (QED) is 0.636. The molecule has 1 fully saturated rings. The van der Waals surface area contributed by atoms with Gasteiger partial charge in [-0.15, -0.1) is 13.2 Å². The number of rotatable bonds is 6. The highest BCUT2D eigenvalue weighted by molar-refractivity contribution is 7.89. The number of nitrogens with zero attached hydrogens (tertiary/aromatic N) is 1. The predicted molar refractivity (Wildman–Crippen MR) is 103 cm³/mol. The van der Waals surface area contributed by atoms with E-state index < -0.39 is 39.8 Å². The predicted octanol–water partition coefficient (Wildman–Crippen LogP) is 3.33. The molecule has 1 heterocycles. The van der Waals surface area contributed by atoms with E-state index in [9.17, 15) is 30.8 Å². The molecule has 2 aromatic carbocycles. The lowest BCUT2D eigenvalue weighted by Crippen LogP contribution is -2.54. The number of nitrogens with one attached hydrogen (secondary N) is 1. The first kappa shape index (κ1) is 22.9. The summed E-state index contributed by atoms with van der Waals surface area (Å²) in [4.78, 5) is 13.5. The van der Waals surface area contributed by atoms with Gasteiger partial charge in [-0.1, -0.05) is 17.7 Å². The van der Waals surface area contributed by atoms with Crippen molar-refractivity contribution in [3.63, 3.8) is 0 Å². The maximum atomic E-state index is 14.2. The van der Waals surface area contributed by atoms with E-state index in [1.807, 2.05) is 0 Å². The molecule has 0 unspecified atom stereocenters. The Balaban J connectivity index is 1.64. The van der Waals surface area contributed by atoms with Gasteiger partial charge in [0.1, 0.15) is 23.4 Å². The molecule has 1 aliphatic rings. The molecule has 1 aliphatic heterocycles. The molecule has 31 heavy (non-hydrogen) atoms. The highest BCUT2D eigenvalue weighted by Crippen LogP contribution is 2.33. The summed E-state index contributed by atoms with van der Waals surface area (Å²) in [6.45, 7) is 0.563. The first-order valence-corrected chi connectivity index (χ1v) is 10.9. The van der Waals surface area contributed by atoms with Crippen molar-refractivity contribution >= 4 is 33.2 Å². The fraction of sp³-hybridized carbons (Fsp3) is 0.278. The molecule has 0 aliphatic carbocycles. The van der Waals surface area contributed by atoms with Gasteiger partial charge in [0.05, 0.1) is 29.9 Å². The van der Waals surface area contributed by atoms with Crippen LogP contribution in [-0.2, 0) is 10.0 Å². The smallest absolute Gasteiger partial charge is 0.485 e. The Morgan fingerprint density at radius 1 is 1.23 bits per heavy atom. The molecule has 0 saturated carbocycles. The molecule has 1 amide bonds. The van der Waals surface area contributed by atoms with Gasteiger partial charge in [-0.2, -0.15) is 0 Å². The van der Waals surface area contributed by atoms with Gasteiger partial charge in [-0.05, 0) is 18.2 Å². The molecule has 0 spiro atoms. The number of alkyl halides is 3. The number of ether oxygens (including phenoxy) is 2. The molecule has 3 rings (SSSR count). The normalized spacial score (nSPS) is 14.7. The number of sulfonamides is 1. The van der Waals surface area contributed by atoms with Crippen molar-refractivity contribution in [2.24, 2.45) is 0 Å². The monoisotopic (exact) mass is 482 g/mol. The van der Waals surface area contributed by atoms with E-state index in [2.05, 4.69) is 4.74 Å². The van der Waals surface area contributed by atoms with Gasteiger partial charge in [-0.25, -0.2) is 17.5 Å². The van der Waals surface area contributed by atoms with Crippen LogP contribution in [0.1, 0.15) is 10.4 Å². The van der Waals surface area contributed by atoms with Gasteiger partial charge in [0.25, 0.3) is 5.91 Å². The number of carbonyl (C=O) groups is 1. The van der Waals surface area contributed by atoms with Crippen LogP contribution in [-0.4, -0.2) is 46.1 Å². The maximum absolute atomic E-state index is 14.2. The molecule has 0 aromatic heterocycles. The second kappa shape index (κ2) is 8.42. The molecule has 2 aromatic rings. The van der Waals surface area contributed by atoms with Gasteiger partial charge in [0.15, 0.2) is 0 Å². The topological polar surface area (TPSA) is 84.9 Å². The van der Waals surface area contributed by atoms with E-state index in [1.54, 1.807) is 15.7 Å². The van der Waals surface area contributed by atoms with Crippen molar-refractivity contribution in [1.82, 2.24) is 4.72 Å². The van der Waals surface area contributed by atoms with Crippen molar-refractivity contribution < 1.29 is 40.2 Å². The Labute approximate surface area is 179 Å². The van der Waals surface area contributed by atoms with Crippen LogP contribution in [0.2, 0.25) is 5.02 Å². The molecule has 0 atom stereocenters. The van der Waals surface area contributed by atoms with Crippen LogP contribution < -0.4 is 19.1 Å². The molecule has 7 nitrogen and oxygen atoms in total. The van der Waals surface area contributed by atoms with Crippen molar-refractivity contribution in [2.75, 3.05) is 24.2 Å². The zero-order valence-corrected chi connectivity index (χ0v) is 17.3. The Hall–Kier alpha value is -2.73. The average Bonchev–Trinajstić information content (AvgIpc) is 2.57. The van der Waals surface area contributed by atoms with Gasteiger partial charge in [0.2, 0.25) is 10.0 Å². The van der Waals surface area contributed by atoms with E-state index in [1.165, 1.54) is 18.2 Å². The summed E-state index contributed by atoms with van der Waals surface area (Å²) < 4.78 is 84.6. The zero-order valence-electron chi connectivity index (χ0n) is 15.7. The van der Waals surface area contributed by atoms with E-state index in [-0.39, 0.29) is 29.6 Å². The first-order valence-electron chi connectivity index (χ1n) is 8.59. The lowest BCUT2D eigenvalue weighted by molar-refractivity contribution is -0.274. The third-order valence-corrected chi connectivity index (χ3v) is 4.95. The number of hydrogen-bond donors (Lipinski definition) is 1. The molecule has 1 N–H and O–H groups in total. The number of amides is 1. The summed E-state index contributed by atoms with van der Waals surface area (Å²) in [5.41, 5.74) is -0.0915. The lowest BCUT2D eigenvalue weighted by atomic mass is 10.1. The van der Waals surface area contributed by atoms with E-state index in [0.29, 0.717) is 5.69 Å². The van der Waals surface area contributed by atoms with Crippen LogP contribution in [0.25, 0.3) is 0 Å². The number of halogens is 5. The second-order valence-corrected chi connectivity index (χ2v) is 8.81. The Kier molecular flexibility index (Phi) is 6.23. The van der Waals surface area contributed by atoms with Crippen molar-refractivity contribution in [3.8, 4) is 11.5 Å².